The van der Waals surface area contributed by atoms with Crippen molar-refractivity contribution in [2.45, 2.75) is 18.5 Å². The maximum Gasteiger partial charge on any atom is 0.250 e. The van der Waals surface area contributed by atoms with E-state index in [-0.39, 0.29) is 11.7 Å². The molecule has 1 N–H and O–H groups in total. The van der Waals surface area contributed by atoms with Crippen LogP contribution in [0.3, 0.4) is 0 Å². The Balaban J connectivity index is 1.53. The predicted octanol–water partition coefficient (Wildman–Crippen LogP) is 5.61. The van der Waals surface area contributed by atoms with Gasteiger partial charge in [0, 0.05) is 16.3 Å². The number of rotatable bonds is 8. The summed E-state index contributed by atoms with van der Waals surface area (Å²) in [6.07, 6.45) is 0.711. The topological polar surface area (TPSA) is 72.2 Å². The normalized spacial score (nSPS) is 11.4. The molecule has 4 aromatic rings. The minimum absolute atomic E-state index is 0.149. The smallest absolute Gasteiger partial charge is 0.250 e. The van der Waals surface area contributed by atoms with Crippen LogP contribution in [0.5, 0.6) is 0 Å². The Hall–Kier alpha value is -3.42. The quantitative estimate of drug-likeness (QED) is 0.204. The number of amides is 1. The fraction of sp³-hybridized carbons (Fsp3) is 0.120. The van der Waals surface area contributed by atoms with Gasteiger partial charge in [-0.3, -0.25) is 9.36 Å². The van der Waals surface area contributed by atoms with Crippen LogP contribution >= 0.6 is 23.4 Å². The van der Waals surface area contributed by atoms with Crippen molar-refractivity contribution in [3.63, 3.8) is 0 Å². The molecule has 1 amide bonds. The molecule has 0 unspecified atom stereocenters. The van der Waals surface area contributed by atoms with Crippen molar-refractivity contribution in [3.8, 4) is 17.1 Å². The molecule has 166 valence electrons. The Morgan fingerprint density at radius 1 is 0.970 bits per heavy atom. The zero-order chi connectivity index (χ0) is 23.0. The minimum Gasteiger partial charge on any atom is -0.272 e. The predicted molar refractivity (Wildman–Crippen MR) is 134 cm³/mol. The maximum absolute atomic E-state index is 12.5. The number of thioether (sulfide) groups is 1. The number of hydrazone groups is 1. The van der Waals surface area contributed by atoms with E-state index >= 15 is 0 Å². The van der Waals surface area contributed by atoms with Gasteiger partial charge >= 0.3 is 0 Å². The molecule has 8 heteroatoms. The SMILES string of the molecule is CCC(=NNC(=O)CSc1nnc(-c2ccccc2)n1-c1ccc(Cl)cc1)c1ccccc1. The molecule has 0 aliphatic rings. The highest BCUT2D eigenvalue weighted by atomic mass is 35.5. The van der Waals surface area contributed by atoms with E-state index in [1.807, 2.05) is 96.4 Å². The van der Waals surface area contributed by atoms with Gasteiger partial charge in [-0.1, -0.05) is 91.0 Å². The summed E-state index contributed by atoms with van der Waals surface area (Å²) in [5.74, 6) is 0.625. The van der Waals surface area contributed by atoms with Gasteiger partial charge in [0.2, 0.25) is 0 Å². The third-order valence-corrected chi connectivity index (χ3v) is 6.02. The first-order chi connectivity index (χ1) is 16.2. The van der Waals surface area contributed by atoms with Crippen LogP contribution in [0, 0.1) is 0 Å². The third-order valence-electron chi connectivity index (χ3n) is 4.84. The van der Waals surface area contributed by atoms with Crippen LogP contribution < -0.4 is 5.43 Å². The zero-order valence-corrected chi connectivity index (χ0v) is 19.6. The van der Waals surface area contributed by atoms with E-state index in [1.165, 1.54) is 11.8 Å². The molecule has 6 nitrogen and oxygen atoms in total. The summed E-state index contributed by atoms with van der Waals surface area (Å²) in [5, 5.41) is 14.3. The standard InChI is InChI=1S/C25H22ClN5OS/c1-2-22(18-9-5-3-6-10-18)27-28-23(32)17-33-25-30-29-24(19-11-7-4-8-12-19)31(25)21-15-13-20(26)14-16-21/h3-16H,2,17H2,1H3,(H,28,32). The summed E-state index contributed by atoms with van der Waals surface area (Å²) in [6, 6.07) is 27.0. The molecule has 33 heavy (non-hydrogen) atoms. The summed E-state index contributed by atoms with van der Waals surface area (Å²) >= 11 is 7.38. The summed E-state index contributed by atoms with van der Waals surface area (Å²) in [6.45, 7) is 2.01. The van der Waals surface area contributed by atoms with Crippen molar-refractivity contribution in [1.29, 1.82) is 0 Å². The number of benzene rings is 3. The van der Waals surface area contributed by atoms with E-state index < -0.39 is 0 Å². The number of halogens is 1. The molecule has 0 fully saturated rings. The van der Waals surface area contributed by atoms with Gasteiger partial charge in [0.05, 0.1) is 11.5 Å². The summed E-state index contributed by atoms with van der Waals surface area (Å²) in [4.78, 5) is 12.5. The van der Waals surface area contributed by atoms with Crippen molar-refractivity contribution < 1.29 is 4.79 Å². The van der Waals surface area contributed by atoms with Gasteiger partial charge in [-0.25, -0.2) is 5.43 Å². The molecule has 4 rings (SSSR count). The molecule has 3 aromatic carbocycles. The maximum atomic E-state index is 12.5. The van der Waals surface area contributed by atoms with Gasteiger partial charge in [0.15, 0.2) is 11.0 Å². The van der Waals surface area contributed by atoms with E-state index in [2.05, 4.69) is 20.7 Å². The van der Waals surface area contributed by atoms with Crippen LogP contribution in [0.25, 0.3) is 17.1 Å². The molecule has 0 aliphatic carbocycles. The summed E-state index contributed by atoms with van der Waals surface area (Å²) in [7, 11) is 0. The second-order valence-electron chi connectivity index (χ2n) is 7.09. The molecule has 0 aliphatic heterocycles. The number of nitrogens with zero attached hydrogens (tertiary/aromatic N) is 4. The van der Waals surface area contributed by atoms with E-state index in [9.17, 15) is 4.79 Å². The van der Waals surface area contributed by atoms with Crippen molar-refractivity contribution in [3.05, 3.63) is 95.5 Å². The Bertz CT molecular complexity index is 1240. The van der Waals surface area contributed by atoms with Gasteiger partial charge in [-0.2, -0.15) is 5.10 Å². The fourth-order valence-corrected chi connectivity index (χ4v) is 4.10. The highest BCUT2D eigenvalue weighted by Gasteiger charge is 2.17. The second-order valence-corrected chi connectivity index (χ2v) is 8.46. The average molecular weight is 476 g/mol. The van der Waals surface area contributed by atoms with Crippen molar-refractivity contribution in [2.24, 2.45) is 5.10 Å². The minimum atomic E-state index is -0.214. The van der Waals surface area contributed by atoms with Crippen LogP contribution in [0.4, 0.5) is 0 Å². The molecule has 0 saturated heterocycles. The lowest BCUT2D eigenvalue weighted by Gasteiger charge is -2.10. The van der Waals surface area contributed by atoms with Crippen LogP contribution in [0.1, 0.15) is 18.9 Å². The lowest BCUT2D eigenvalue weighted by molar-refractivity contribution is -0.118. The van der Waals surface area contributed by atoms with Crippen LogP contribution in [0.2, 0.25) is 5.02 Å². The van der Waals surface area contributed by atoms with Gasteiger partial charge in [-0.15, -0.1) is 10.2 Å². The van der Waals surface area contributed by atoms with Crippen molar-refractivity contribution >= 4 is 35.0 Å². The van der Waals surface area contributed by atoms with Crippen LogP contribution in [0.15, 0.2) is 95.2 Å². The average Bonchev–Trinajstić information content (AvgIpc) is 3.29. The first kappa shape index (κ1) is 22.8. The molecular formula is C25H22ClN5OS. The number of aromatic nitrogens is 3. The monoisotopic (exact) mass is 475 g/mol. The summed E-state index contributed by atoms with van der Waals surface area (Å²) in [5.41, 5.74) is 6.26. The second kappa shape index (κ2) is 10.9. The first-order valence-electron chi connectivity index (χ1n) is 10.5. The third kappa shape index (κ3) is 5.69. The number of carbonyl (C=O) groups excluding carboxylic acids is 1. The fourth-order valence-electron chi connectivity index (χ4n) is 3.23. The van der Waals surface area contributed by atoms with Gasteiger partial charge in [0.25, 0.3) is 5.91 Å². The van der Waals surface area contributed by atoms with Crippen molar-refractivity contribution in [1.82, 2.24) is 20.2 Å². The van der Waals surface area contributed by atoms with E-state index in [1.54, 1.807) is 0 Å². The molecule has 0 saturated carbocycles. The molecule has 0 atom stereocenters. The zero-order valence-electron chi connectivity index (χ0n) is 18.0. The van der Waals surface area contributed by atoms with Crippen molar-refractivity contribution in [2.75, 3.05) is 5.75 Å². The molecular weight excluding hydrogens is 454 g/mol. The molecule has 0 bridgehead atoms. The first-order valence-corrected chi connectivity index (χ1v) is 11.8. The molecule has 0 spiro atoms. The number of carbonyl (C=O) groups is 1. The Labute approximate surface area is 201 Å². The largest absolute Gasteiger partial charge is 0.272 e. The highest BCUT2D eigenvalue weighted by molar-refractivity contribution is 7.99. The summed E-state index contributed by atoms with van der Waals surface area (Å²) < 4.78 is 1.92. The van der Waals surface area contributed by atoms with E-state index in [0.29, 0.717) is 22.4 Å². The lowest BCUT2D eigenvalue weighted by atomic mass is 10.1. The molecule has 1 aromatic heterocycles. The van der Waals surface area contributed by atoms with Crippen LogP contribution in [-0.2, 0) is 4.79 Å². The Morgan fingerprint density at radius 2 is 1.64 bits per heavy atom. The Morgan fingerprint density at radius 3 is 2.30 bits per heavy atom. The number of hydrogen-bond acceptors (Lipinski definition) is 5. The number of hydrogen-bond donors (Lipinski definition) is 1. The molecule has 1 heterocycles. The van der Waals surface area contributed by atoms with Gasteiger partial charge in [-0.05, 0) is 36.2 Å². The molecule has 0 radical (unpaired) electrons. The van der Waals surface area contributed by atoms with E-state index in [4.69, 9.17) is 11.6 Å². The van der Waals surface area contributed by atoms with Gasteiger partial charge < -0.3 is 0 Å². The Kier molecular flexibility index (Phi) is 7.55. The van der Waals surface area contributed by atoms with Gasteiger partial charge in [0.1, 0.15) is 0 Å². The number of nitrogens with one attached hydrogen (secondary N) is 1. The van der Waals surface area contributed by atoms with E-state index in [0.717, 1.165) is 22.5 Å². The lowest BCUT2D eigenvalue weighted by Crippen LogP contribution is -2.22. The highest BCUT2D eigenvalue weighted by Crippen LogP contribution is 2.28. The van der Waals surface area contributed by atoms with Crippen LogP contribution in [-0.4, -0.2) is 32.1 Å².